The van der Waals surface area contributed by atoms with Crippen LogP contribution in [0.5, 0.6) is 5.75 Å². The Morgan fingerprint density at radius 2 is 1.71 bits per heavy atom. The van der Waals surface area contributed by atoms with Crippen LogP contribution in [0.15, 0.2) is 84.2 Å². The van der Waals surface area contributed by atoms with Crippen molar-refractivity contribution < 1.29 is 17.9 Å². The van der Waals surface area contributed by atoms with Crippen LogP contribution in [-0.2, 0) is 0 Å². The number of aromatic nitrogens is 3. The fourth-order valence-corrected chi connectivity index (χ4v) is 3.56. The van der Waals surface area contributed by atoms with E-state index in [4.69, 9.17) is 0 Å². The highest BCUT2D eigenvalue weighted by Crippen LogP contribution is 2.43. The highest BCUT2D eigenvalue weighted by molar-refractivity contribution is 5.81. The van der Waals surface area contributed by atoms with E-state index in [0.29, 0.717) is 17.4 Å². The third kappa shape index (κ3) is 5.25. The molecule has 9 heteroatoms. The lowest BCUT2D eigenvalue weighted by atomic mass is 10.1. The van der Waals surface area contributed by atoms with Gasteiger partial charge in [-0.3, -0.25) is 5.43 Å². The van der Waals surface area contributed by atoms with Gasteiger partial charge in [0.2, 0.25) is 0 Å². The van der Waals surface area contributed by atoms with E-state index in [0.717, 1.165) is 16.8 Å². The highest BCUT2D eigenvalue weighted by Gasteiger charge is 2.31. The molecule has 3 aromatic carbocycles. The molecular weight excluding hydrogens is 443 g/mol. The second kappa shape index (κ2) is 9.01. The van der Waals surface area contributed by atoms with Crippen molar-refractivity contribution >= 4 is 11.9 Å². The molecule has 0 radical (unpaired) electrons. The molecule has 172 valence electrons. The van der Waals surface area contributed by atoms with E-state index in [1.807, 2.05) is 42.5 Å². The second-order valence-electron chi connectivity index (χ2n) is 7.91. The molecule has 0 bridgehead atoms. The van der Waals surface area contributed by atoms with E-state index < -0.39 is 6.36 Å². The number of nitrogens with one attached hydrogen (secondary N) is 1. The molecule has 1 aliphatic carbocycles. The average molecular weight is 463 g/mol. The molecule has 1 heterocycles. The molecule has 0 amide bonds. The summed E-state index contributed by atoms with van der Waals surface area (Å²) in [5.41, 5.74) is 7.76. The van der Waals surface area contributed by atoms with Crippen molar-refractivity contribution in [1.82, 2.24) is 14.8 Å². The van der Waals surface area contributed by atoms with Crippen molar-refractivity contribution in [3.8, 4) is 22.8 Å². The predicted octanol–water partition coefficient (Wildman–Crippen LogP) is 6.16. The number of hydrogen-bond acceptors (Lipinski definition) is 5. The number of benzene rings is 3. The molecule has 0 aliphatic heterocycles. The van der Waals surface area contributed by atoms with Gasteiger partial charge in [0.25, 0.3) is 0 Å². The summed E-state index contributed by atoms with van der Waals surface area (Å²) in [6.45, 7) is 0. The molecule has 0 spiro atoms. The minimum Gasteiger partial charge on any atom is -0.406 e. The SMILES string of the molecule is FC(F)(F)Oc1ccc(-n2cnc(-c3ccc(/C=N\Nc4ccccc4C4CC4)cc3)n2)cc1. The lowest BCUT2D eigenvalue weighted by Crippen LogP contribution is -2.17. The van der Waals surface area contributed by atoms with Gasteiger partial charge >= 0.3 is 6.36 Å². The molecule has 1 fully saturated rings. The Bertz CT molecular complexity index is 1290. The van der Waals surface area contributed by atoms with Crippen LogP contribution in [0.4, 0.5) is 18.9 Å². The lowest BCUT2D eigenvalue weighted by Gasteiger charge is -2.09. The topological polar surface area (TPSA) is 64.3 Å². The fraction of sp³-hybridized carbons (Fsp3) is 0.160. The first-order valence-electron chi connectivity index (χ1n) is 10.7. The van der Waals surface area contributed by atoms with Crippen LogP contribution in [0.25, 0.3) is 17.1 Å². The van der Waals surface area contributed by atoms with Crippen LogP contribution < -0.4 is 10.2 Å². The smallest absolute Gasteiger partial charge is 0.406 e. The van der Waals surface area contributed by atoms with Gasteiger partial charge in [-0.05, 0) is 60.2 Å². The van der Waals surface area contributed by atoms with Crippen LogP contribution in [0.2, 0.25) is 0 Å². The Kier molecular flexibility index (Phi) is 5.75. The van der Waals surface area contributed by atoms with Gasteiger partial charge in [0, 0.05) is 5.56 Å². The maximum atomic E-state index is 12.3. The van der Waals surface area contributed by atoms with Crippen molar-refractivity contribution in [3.63, 3.8) is 0 Å². The maximum Gasteiger partial charge on any atom is 0.573 e. The third-order valence-electron chi connectivity index (χ3n) is 5.37. The van der Waals surface area contributed by atoms with E-state index in [9.17, 15) is 13.2 Å². The minimum absolute atomic E-state index is 0.292. The van der Waals surface area contributed by atoms with Crippen LogP contribution in [0.3, 0.4) is 0 Å². The quantitative estimate of drug-likeness (QED) is 0.264. The van der Waals surface area contributed by atoms with Crippen molar-refractivity contribution in [1.29, 1.82) is 0 Å². The molecule has 5 rings (SSSR count). The maximum absolute atomic E-state index is 12.3. The van der Waals surface area contributed by atoms with Crippen LogP contribution >= 0.6 is 0 Å². The van der Waals surface area contributed by atoms with E-state index in [2.05, 4.69) is 31.4 Å². The highest BCUT2D eigenvalue weighted by atomic mass is 19.4. The molecule has 0 atom stereocenters. The summed E-state index contributed by atoms with van der Waals surface area (Å²) in [7, 11) is 0. The summed E-state index contributed by atoms with van der Waals surface area (Å²) in [4.78, 5) is 4.30. The van der Waals surface area contributed by atoms with E-state index in [-0.39, 0.29) is 5.75 Å². The predicted molar refractivity (Wildman–Crippen MR) is 123 cm³/mol. The van der Waals surface area contributed by atoms with Gasteiger partial charge in [-0.1, -0.05) is 42.5 Å². The molecule has 6 nitrogen and oxygen atoms in total. The lowest BCUT2D eigenvalue weighted by molar-refractivity contribution is -0.274. The largest absolute Gasteiger partial charge is 0.573 e. The minimum atomic E-state index is -4.73. The number of nitrogens with zero attached hydrogens (tertiary/aromatic N) is 4. The monoisotopic (exact) mass is 463 g/mol. The van der Waals surface area contributed by atoms with Crippen molar-refractivity contribution in [2.24, 2.45) is 5.10 Å². The number of alkyl halides is 3. The van der Waals surface area contributed by atoms with Gasteiger partial charge in [0.05, 0.1) is 17.6 Å². The van der Waals surface area contributed by atoms with E-state index in [1.165, 1.54) is 53.7 Å². The zero-order valence-corrected chi connectivity index (χ0v) is 17.9. The Labute approximate surface area is 193 Å². The summed E-state index contributed by atoms with van der Waals surface area (Å²) >= 11 is 0. The van der Waals surface area contributed by atoms with Crippen molar-refractivity contribution in [3.05, 3.63) is 90.3 Å². The molecule has 0 saturated heterocycles. The van der Waals surface area contributed by atoms with Crippen LogP contribution in [0.1, 0.15) is 29.9 Å². The van der Waals surface area contributed by atoms with E-state index in [1.54, 1.807) is 6.21 Å². The summed E-state index contributed by atoms with van der Waals surface area (Å²) < 4.78 is 42.3. The molecule has 34 heavy (non-hydrogen) atoms. The average Bonchev–Trinajstić information content (AvgIpc) is 3.55. The molecule has 1 N–H and O–H groups in total. The van der Waals surface area contributed by atoms with Gasteiger partial charge in [0.1, 0.15) is 12.1 Å². The summed E-state index contributed by atoms with van der Waals surface area (Å²) in [6, 6.07) is 21.2. The van der Waals surface area contributed by atoms with Gasteiger partial charge in [-0.25, -0.2) is 9.67 Å². The number of halogens is 3. The van der Waals surface area contributed by atoms with Crippen LogP contribution in [-0.4, -0.2) is 27.3 Å². The number of anilines is 1. The zero-order chi connectivity index (χ0) is 23.5. The van der Waals surface area contributed by atoms with E-state index >= 15 is 0 Å². The Morgan fingerprint density at radius 3 is 2.41 bits per heavy atom. The molecular formula is C25H20F3N5O. The first-order valence-corrected chi connectivity index (χ1v) is 10.7. The molecule has 0 unspecified atom stereocenters. The first-order chi connectivity index (χ1) is 16.4. The standard InChI is InChI=1S/C25H20F3N5O/c26-25(27,28)34-21-13-11-20(12-14-21)33-16-29-24(32-33)19-7-5-17(6-8-19)15-30-31-23-4-2-1-3-22(23)18-9-10-18/h1-8,11-16,18,31H,9-10H2/b30-15-. The molecule has 1 aliphatic rings. The number of ether oxygens (including phenoxy) is 1. The fourth-order valence-electron chi connectivity index (χ4n) is 3.56. The number of hydrogen-bond donors (Lipinski definition) is 1. The number of rotatable bonds is 7. The molecule has 1 saturated carbocycles. The van der Waals surface area contributed by atoms with Gasteiger partial charge in [-0.2, -0.15) is 5.10 Å². The van der Waals surface area contributed by atoms with Gasteiger partial charge in [0.15, 0.2) is 5.82 Å². The van der Waals surface area contributed by atoms with Crippen molar-refractivity contribution in [2.75, 3.05) is 5.43 Å². The Balaban J connectivity index is 1.23. The number of hydrazone groups is 1. The molecule has 1 aromatic heterocycles. The first kappa shape index (κ1) is 21.7. The number of para-hydroxylation sites is 1. The summed E-state index contributed by atoms with van der Waals surface area (Å²) in [5.74, 6) is 0.839. The third-order valence-corrected chi connectivity index (χ3v) is 5.37. The van der Waals surface area contributed by atoms with Gasteiger partial charge in [-0.15, -0.1) is 18.3 Å². The normalized spacial score (nSPS) is 13.9. The summed E-state index contributed by atoms with van der Waals surface area (Å²) in [6.07, 6.45) is 0.989. The van der Waals surface area contributed by atoms with Crippen molar-refractivity contribution in [2.45, 2.75) is 25.1 Å². The van der Waals surface area contributed by atoms with Gasteiger partial charge < -0.3 is 4.74 Å². The molecule has 4 aromatic rings. The van der Waals surface area contributed by atoms with Crippen LogP contribution in [0, 0.1) is 0 Å². The Morgan fingerprint density at radius 1 is 0.971 bits per heavy atom. The Hall–Kier alpha value is -4.14. The second-order valence-corrected chi connectivity index (χ2v) is 7.91. The summed E-state index contributed by atoms with van der Waals surface area (Å²) in [5, 5.41) is 8.78. The zero-order valence-electron chi connectivity index (χ0n) is 17.9.